The predicted molar refractivity (Wildman–Crippen MR) is 157 cm³/mol. The Hall–Kier alpha value is -2.78. The van der Waals surface area contributed by atoms with Crippen LogP contribution in [0.2, 0.25) is 0 Å². The highest BCUT2D eigenvalue weighted by Gasteiger charge is 2.47. The van der Waals surface area contributed by atoms with Crippen LogP contribution in [0.25, 0.3) is 11.0 Å². The second kappa shape index (κ2) is 13.7. The molecule has 1 aromatic heterocycles. The molecule has 2 aliphatic carbocycles. The number of furan rings is 1. The first kappa shape index (κ1) is 30.7. The highest BCUT2D eigenvalue weighted by atomic mass is 19.1. The van der Waals surface area contributed by atoms with Gasteiger partial charge < -0.3 is 24.5 Å². The average molecular weight is 585 g/mol. The minimum atomic E-state index is -0.534. The number of carbonyl (C=O) groups excluding carboxylic acids is 3. The summed E-state index contributed by atoms with van der Waals surface area (Å²) in [5.41, 5.74) is 7.34. The molecular weight excluding hydrogens is 539 g/mol. The van der Waals surface area contributed by atoms with Crippen molar-refractivity contribution in [3.05, 3.63) is 35.6 Å². The zero-order valence-corrected chi connectivity index (χ0v) is 24.9. The quantitative estimate of drug-likeness (QED) is 0.380. The molecule has 42 heavy (non-hydrogen) atoms. The van der Waals surface area contributed by atoms with Gasteiger partial charge in [-0.2, -0.15) is 0 Å². The van der Waals surface area contributed by atoms with Crippen molar-refractivity contribution in [2.45, 2.75) is 89.3 Å². The van der Waals surface area contributed by atoms with Gasteiger partial charge in [0.2, 0.25) is 11.7 Å². The molecule has 2 aromatic rings. The van der Waals surface area contributed by atoms with Gasteiger partial charge in [0.15, 0.2) is 5.78 Å². The summed E-state index contributed by atoms with van der Waals surface area (Å²) in [4.78, 5) is 42.1. The lowest BCUT2D eigenvalue weighted by molar-refractivity contribution is -0.143. The van der Waals surface area contributed by atoms with E-state index in [1.807, 2.05) is 17.0 Å². The number of esters is 1. The van der Waals surface area contributed by atoms with Gasteiger partial charge in [0.25, 0.3) is 0 Å². The second-order valence-corrected chi connectivity index (χ2v) is 12.5. The standard InChI is InChI=1S/C33H45FN2O6/c1-3-41-33(39)30-18-24-16-20(4-13-29(24)42-30)17-28(37)31-26(21-9-11-25(40-2)12-10-21)14-15-36(31)32(38)23-7-5-22(6-8-23)27(35)19-34/h4,13,16,18,21-23,25-27,31H,3,5-12,14-15,17,19,35H2,1-2H3/t21?,22?,23?,25?,26-,27+,31-/m0/s1. The fourth-order valence-electron chi connectivity index (χ4n) is 7.69. The van der Waals surface area contributed by atoms with Crippen molar-refractivity contribution < 1.29 is 32.7 Å². The van der Waals surface area contributed by atoms with Crippen molar-refractivity contribution in [2.24, 2.45) is 29.4 Å². The normalized spacial score (nSPS) is 29.0. The number of nitrogens with two attached hydrogens (primary N) is 1. The fraction of sp³-hybridized carbons (Fsp3) is 0.667. The molecule has 5 rings (SSSR count). The number of amides is 1. The summed E-state index contributed by atoms with van der Waals surface area (Å²) >= 11 is 0. The summed E-state index contributed by atoms with van der Waals surface area (Å²) in [6.45, 7) is 2.06. The Morgan fingerprint density at radius 2 is 1.79 bits per heavy atom. The monoisotopic (exact) mass is 584 g/mol. The van der Waals surface area contributed by atoms with E-state index in [1.54, 1.807) is 26.2 Å². The third-order valence-electron chi connectivity index (χ3n) is 10.1. The van der Waals surface area contributed by atoms with Gasteiger partial charge >= 0.3 is 5.97 Å². The van der Waals surface area contributed by atoms with E-state index in [1.165, 1.54) is 0 Å². The highest BCUT2D eigenvalue weighted by Crippen LogP contribution is 2.42. The number of hydrogen-bond acceptors (Lipinski definition) is 7. The van der Waals surface area contributed by atoms with Crippen LogP contribution >= 0.6 is 0 Å². The van der Waals surface area contributed by atoms with Gasteiger partial charge in [0, 0.05) is 37.4 Å². The van der Waals surface area contributed by atoms with Crippen LogP contribution in [0.15, 0.2) is 28.7 Å². The van der Waals surface area contributed by atoms with E-state index in [4.69, 9.17) is 19.6 Å². The summed E-state index contributed by atoms with van der Waals surface area (Å²) in [5.74, 6) is 0.221. The number of methoxy groups -OCH3 is 1. The number of halogens is 1. The summed E-state index contributed by atoms with van der Waals surface area (Å²) in [5, 5.41) is 0.736. The van der Waals surface area contributed by atoms with Crippen molar-refractivity contribution in [1.29, 1.82) is 0 Å². The van der Waals surface area contributed by atoms with E-state index in [-0.39, 0.29) is 54.3 Å². The number of rotatable bonds is 10. The molecular formula is C33H45FN2O6. The zero-order chi connectivity index (χ0) is 29.8. The number of hydrogen-bond donors (Lipinski definition) is 1. The molecule has 9 heteroatoms. The molecule has 230 valence electrons. The highest BCUT2D eigenvalue weighted by molar-refractivity contribution is 5.94. The lowest BCUT2D eigenvalue weighted by atomic mass is 9.74. The first-order valence-electron chi connectivity index (χ1n) is 15.7. The van der Waals surface area contributed by atoms with E-state index in [0.717, 1.165) is 55.9 Å². The Morgan fingerprint density at radius 3 is 2.45 bits per heavy atom. The van der Waals surface area contributed by atoms with Crippen molar-refractivity contribution >= 4 is 28.6 Å². The maximum atomic E-state index is 14.1. The molecule has 0 unspecified atom stereocenters. The number of Topliss-reactive ketones (excluding diaryl/α,β-unsaturated/α-hetero) is 1. The summed E-state index contributed by atoms with van der Waals surface area (Å²) in [6.07, 6.45) is 8.13. The molecule has 2 saturated carbocycles. The second-order valence-electron chi connectivity index (χ2n) is 12.5. The van der Waals surface area contributed by atoms with Crippen LogP contribution in [0.4, 0.5) is 4.39 Å². The van der Waals surface area contributed by atoms with Gasteiger partial charge in [0.05, 0.1) is 18.8 Å². The molecule has 1 aliphatic heterocycles. The van der Waals surface area contributed by atoms with Crippen LogP contribution in [0.1, 0.15) is 80.8 Å². The zero-order valence-electron chi connectivity index (χ0n) is 24.9. The van der Waals surface area contributed by atoms with Crippen molar-refractivity contribution in [3.8, 4) is 0 Å². The molecule has 1 aromatic carbocycles. The summed E-state index contributed by atoms with van der Waals surface area (Å²) < 4.78 is 29.4. The van der Waals surface area contributed by atoms with Crippen LogP contribution in [-0.2, 0) is 25.5 Å². The van der Waals surface area contributed by atoms with Gasteiger partial charge in [-0.3, -0.25) is 9.59 Å². The number of alkyl halides is 1. The molecule has 0 spiro atoms. The Labute approximate surface area is 247 Å². The molecule has 1 saturated heterocycles. The van der Waals surface area contributed by atoms with E-state index < -0.39 is 24.7 Å². The number of likely N-dealkylation sites (tertiary alicyclic amines) is 1. The maximum absolute atomic E-state index is 14.1. The van der Waals surface area contributed by atoms with Crippen LogP contribution in [0.5, 0.6) is 0 Å². The minimum Gasteiger partial charge on any atom is -0.460 e. The molecule has 3 fully saturated rings. The third-order valence-corrected chi connectivity index (χ3v) is 10.1. The van der Waals surface area contributed by atoms with Gasteiger partial charge in [-0.1, -0.05) is 6.07 Å². The average Bonchev–Trinajstić information content (AvgIpc) is 3.65. The van der Waals surface area contributed by atoms with Gasteiger partial charge in [-0.25, -0.2) is 9.18 Å². The Balaban J connectivity index is 1.33. The SMILES string of the molecule is CCOC(=O)c1cc2cc(CC(=O)[C@@H]3[C@H](C4CCC(OC)CC4)CCN3C(=O)C3CCC([C@H](N)CF)CC3)ccc2o1. The fourth-order valence-corrected chi connectivity index (χ4v) is 7.69. The molecule has 3 atom stereocenters. The Kier molecular flexibility index (Phi) is 9.99. The molecule has 2 N–H and O–H groups in total. The van der Waals surface area contributed by atoms with Crippen molar-refractivity contribution in [3.63, 3.8) is 0 Å². The molecule has 0 bridgehead atoms. The number of benzene rings is 1. The van der Waals surface area contributed by atoms with Gasteiger partial charge in [0.1, 0.15) is 12.3 Å². The lowest BCUT2D eigenvalue weighted by Crippen LogP contribution is -2.48. The summed E-state index contributed by atoms with van der Waals surface area (Å²) in [6, 6.07) is 6.25. The van der Waals surface area contributed by atoms with Crippen LogP contribution < -0.4 is 5.73 Å². The number of ketones is 1. The number of nitrogens with zero attached hydrogens (tertiary/aromatic N) is 1. The van der Waals surface area contributed by atoms with Crippen LogP contribution in [0, 0.1) is 23.7 Å². The van der Waals surface area contributed by atoms with E-state index in [9.17, 15) is 18.8 Å². The molecule has 0 radical (unpaired) electrons. The third kappa shape index (κ3) is 6.57. The first-order valence-corrected chi connectivity index (χ1v) is 15.7. The molecule has 2 heterocycles. The molecule has 8 nitrogen and oxygen atoms in total. The molecule has 3 aliphatic rings. The molecule has 1 amide bonds. The van der Waals surface area contributed by atoms with E-state index >= 15 is 0 Å². The van der Waals surface area contributed by atoms with E-state index in [2.05, 4.69) is 0 Å². The summed E-state index contributed by atoms with van der Waals surface area (Å²) in [7, 11) is 1.76. The van der Waals surface area contributed by atoms with Crippen molar-refractivity contribution in [1.82, 2.24) is 4.90 Å². The van der Waals surface area contributed by atoms with Gasteiger partial charge in [-0.15, -0.1) is 0 Å². The van der Waals surface area contributed by atoms with Crippen LogP contribution in [0.3, 0.4) is 0 Å². The van der Waals surface area contributed by atoms with E-state index in [0.29, 0.717) is 30.9 Å². The Morgan fingerprint density at radius 1 is 1.05 bits per heavy atom. The van der Waals surface area contributed by atoms with Crippen LogP contribution in [-0.4, -0.2) is 67.7 Å². The first-order chi connectivity index (χ1) is 20.3. The number of fused-ring (bicyclic) bond motifs is 1. The number of carbonyl (C=O) groups is 3. The smallest absolute Gasteiger partial charge is 0.374 e. The largest absolute Gasteiger partial charge is 0.460 e. The Bertz CT molecular complexity index is 1250. The lowest BCUT2D eigenvalue weighted by Gasteiger charge is -2.37. The topological polar surface area (TPSA) is 112 Å². The maximum Gasteiger partial charge on any atom is 0.374 e. The predicted octanol–water partition coefficient (Wildman–Crippen LogP) is 5.25. The van der Waals surface area contributed by atoms with Crippen molar-refractivity contribution in [2.75, 3.05) is 26.9 Å². The number of ether oxygens (including phenoxy) is 2. The minimum absolute atomic E-state index is 0.0568. The van der Waals surface area contributed by atoms with Gasteiger partial charge in [-0.05, 0) is 106 Å².